The van der Waals surface area contributed by atoms with Gasteiger partial charge in [0.25, 0.3) is 0 Å². The first-order valence-corrected chi connectivity index (χ1v) is 6.45. The maximum atomic E-state index is 9.75. The van der Waals surface area contributed by atoms with Gasteiger partial charge in [0, 0.05) is 14.2 Å². The largest absolute Gasteiger partial charge is 0.673 e. The summed E-state index contributed by atoms with van der Waals surface area (Å²) in [5.74, 6) is 0. The quantitative estimate of drug-likeness (QED) is 0.268. The fourth-order valence-electron chi connectivity index (χ4n) is 1.27. The normalized spacial score (nSPS) is 14.4. The lowest BCUT2D eigenvalue weighted by Crippen LogP contribution is -2.48. The lowest BCUT2D eigenvalue weighted by Gasteiger charge is -2.33. The van der Waals surface area contributed by atoms with Crippen molar-refractivity contribution in [2.24, 2.45) is 0 Å². The molecule has 0 aromatic carbocycles. The van der Waals surface area contributed by atoms with E-state index in [9.17, 15) is 17.3 Å². The van der Waals surface area contributed by atoms with Crippen LogP contribution >= 0.6 is 0 Å². The highest BCUT2D eigenvalue weighted by atomic mass is 19.5. The summed E-state index contributed by atoms with van der Waals surface area (Å²) in [6.45, 7) is 8.34. The maximum absolute atomic E-state index is 9.75. The van der Waals surface area contributed by atoms with E-state index in [2.05, 4.69) is 14.0 Å². The van der Waals surface area contributed by atoms with Crippen molar-refractivity contribution in [1.29, 1.82) is 0 Å². The van der Waals surface area contributed by atoms with Crippen molar-refractivity contribution in [3.63, 3.8) is 0 Å². The average Bonchev–Trinajstić information content (AvgIpc) is 2.34. The zero-order chi connectivity index (χ0) is 16.1. The third-order valence-corrected chi connectivity index (χ3v) is 2.81. The van der Waals surface area contributed by atoms with Gasteiger partial charge in [0.15, 0.2) is 0 Å². The minimum absolute atomic E-state index is 0.675. The third-order valence-electron chi connectivity index (χ3n) is 2.81. The lowest BCUT2D eigenvalue weighted by atomic mass is 10.3. The fraction of sp³-hybridized carbons (Fsp3) is 1.00. The molecule has 20 heavy (non-hydrogen) atoms. The molecular formula is C11H26BF4NO3. The topological polar surface area (TPSA) is 27.7 Å². The number of ether oxygens (including phenoxy) is 3. The minimum Gasteiger partial charge on any atom is -0.418 e. The maximum Gasteiger partial charge on any atom is 0.673 e. The number of nitrogens with zero attached hydrogens (tertiary/aromatic N) is 1. The Bertz CT molecular complexity index is 216. The zero-order valence-electron chi connectivity index (χ0n) is 12.7. The molecule has 0 aliphatic heterocycles. The first kappa shape index (κ1) is 21.9. The van der Waals surface area contributed by atoms with Crippen molar-refractivity contribution in [3.8, 4) is 0 Å². The van der Waals surface area contributed by atoms with Crippen molar-refractivity contribution >= 4 is 7.25 Å². The summed E-state index contributed by atoms with van der Waals surface area (Å²) >= 11 is 0. The molecule has 0 saturated heterocycles. The van der Waals surface area contributed by atoms with Gasteiger partial charge in [-0.2, -0.15) is 0 Å². The summed E-state index contributed by atoms with van der Waals surface area (Å²) < 4.78 is 55.5. The number of quaternary nitrogens is 1. The molecule has 1 atom stereocenters. The van der Waals surface area contributed by atoms with Crippen LogP contribution in [0.1, 0.15) is 6.92 Å². The zero-order valence-corrected chi connectivity index (χ0v) is 12.7. The first-order valence-electron chi connectivity index (χ1n) is 6.45. The predicted molar refractivity (Wildman–Crippen MR) is 71.2 cm³/mol. The number of likely N-dealkylation sites (N-methyl/N-ethyl adjacent to an activating group) is 1. The van der Waals surface area contributed by atoms with E-state index in [1.54, 1.807) is 14.2 Å². The summed E-state index contributed by atoms with van der Waals surface area (Å²) in [5, 5.41) is 0. The Labute approximate surface area is 118 Å². The first-order chi connectivity index (χ1) is 9.18. The van der Waals surface area contributed by atoms with Crippen LogP contribution < -0.4 is 0 Å². The fourth-order valence-corrected chi connectivity index (χ4v) is 1.27. The lowest BCUT2D eigenvalue weighted by molar-refractivity contribution is -0.908. The SMILES string of the molecule is CC[N+](C)(CCOC)CCOCCOC.F[B-](F)(F)F. The molecule has 4 nitrogen and oxygen atoms in total. The Balaban J connectivity index is 0. The molecule has 124 valence electrons. The molecule has 0 rings (SSSR count). The van der Waals surface area contributed by atoms with E-state index in [1.165, 1.54) is 0 Å². The summed E-state index contributed by atoms with van der Waals surface area (Å²) in [6.07, 6.45) is 0. The number of methoxy groups -OCH3 is 2. The van der Waals surface area contributed by atoms with Crippen LogP contribution in [-0.4, -0.2) is 79.1 Å². The monoisotopic (exact) mass is 307 g/mol. The number of rotatable bonds is 10. The molecule has 0 radical (unpaired) electrons. The van der Waals surface area contributed by atoms with E-state index in [0.29, 0.717) is 13.2 Å². The minimum atomic E-state index is -6.00. The second kappa shape index (κ2) is 12.4. The van der Waals surface area contributed by atoms with Gasteiger partial charge in [-0.15, -0.1) is 0 Å². The van der Waals surface area contributed by atoms with E-state index in [4.69, 9.17) is 14.2 Å². The van der Waals surface area contributed by atoms with Crippen LogP contribution in [0.3, 0.4) is 0 Å². The second-order valence-electron chi connectivity index (χ2n) is 4.48. The molecular weight excluding hydrogens is 281 g/mol. The van der Waals surface area contributed by atoms with Crippen LogP contribution in [0.4, 0.5) is 17.3 Å². The standard InChI is InChI=1S/C11H26NO3.BF4/c1-5-12(2,6-8-13-3)7-9-15-11-10-14-4;2-1(3,4)5/h5-11H2,1-4H3;/q+1;-1. The average molecular weight is 307 g/mol. The van der Waals surface area contributed by atoms with Gasteiger partial charge in [0.2, 0.25) is 0 Å². The second-order valence-corrected chi connectivity index (χ2v) is 4.48. The Morgan fingerprint density at radius 3 is 1.70 bits per heavy atom. The van der Waals surface area contributed by atoms with Crippen molar-refractivity contribution in [1.82, 2.24) is 0 Å². The van der Waals surface area contributed by atoms with Gasteiger partial charge in [-0.1, -0.05) is 0 Å². The Kier molecular flexibility index (Phi) is 13.6. The van der Waals surface area contributed by atoms with Gasteiger partial charge in [0.05, 0.1) is 40.0 Å². The van der Waals surface area contributed by atoms with Crippen LogP contribution in [0.25, 0.3) is 0 Å². The van der Waals surface area contributed by atoms with E-state index in [0.717, 1.165) is 37.3 Å². The highest BCUT2D eigenvalue weighted by Crippen LogP contribution is 2.06. The van der Waals surface area contributed by atoms with Gasteiger partial charge < -0.3 is 36.0 Å². The molecule has 0 N–H and O–H groups in total. The van der Waals surface area contributed by atoms with Gasteiger partial charge in [-0.05, 0) is 6.92 Å². The number of hydrogen-bond donors (Lipinski definition) is 0. The van der Waals surface area contributed by atoms with E-state index < -0.39 is 7.25 Å². The molecule has 0 aromatic rings. The molecule has 0 aliphatic carbocycles. The Morgan fingerprint density at radius 2 is 1.30 bits per heavy atom. The van der Waals surface area contributed by atoms with E-state index in [1.807, 2.05) is 0 Å². The smallest absolute Gasteiger partial charge is 0.418 e. The van der Waals surface area contributed by atoms with Crippen molar-refractivity contribution in [2.75, 3.05) is 67.3 Å². The van der Waals surface area contributed by atoms with Crippen LogP contribution in [-0.2, 0) is 14.2 Å². The number of halogens is 4. The van der Waals surface area contributed by atoms with E-state index in [-0.39, 0.29) is 0 Å². The predicted octanol–water partition coefficient (Wildman–Crippen LogP) is 2.06. The molecule has 1 unspecified atom stereocenters. The van der Waals surface area contributed by atoms with Gasteiger partial charge in [-0.25, -0.2) is 0 Å². The molecule has 0 heterocycles. The molecule has 9 heteroatoms. The summed E-state index contributed by atoms with van der Waals surface area (Å²) in [6, 6.07) is 0. The molecule has 0 bridgehead atoms. The molecule has 0 spiro atoms. The van der Waals surface area contributed by atoms with Crippen molar-refractivity contribution in [2.45, 2.75) is 6.92 Å². The molecule has 0 amide bonds. The van der Waals surface area contributed by atoms with Crippen LogP contribution in [0.5, 0.6) is 0 Å². The molecule has 0 saturated carbocycles. The Hall–Kier alpha value is -0.375. The molecule has 0 aromatic heterocycles. The highest BCUT2D eigenvalue weighted by molar-refractivity contribution is 6.50. The van der Waals surface area contributed by atoms with E-state index >= 15 is 0 Å². The van der Waals surface area contributed by atoms with Crippen molar-refractivity contribution < 1.29 is 36.0 Å². The summed E-state index contributed by atoms with van der Waals surface area (Å²) in [4.78, 5) is 0. The van der Waals surface area contributed by atoms with Crippen LogP contribution in [0.15, 0.2) is 0 Å². The van der Waals surface area contributed by atoms with Gasteiger partial charge in [0.1, 0.15) is 13.1 Å². The highest BCUT2D eigenvalue weighted by Gasteiger charge is 2.20. The summed E-state index contributed by atoms with van der Waals surface area (Å²) in [5.41, 5.74) is 0. The van der Waals surface area contributed by atoms with Crippen molar-refractivity contribution in [3.05, 3.63) is 0 Å². The molecule has 0 aliphatic rings. The Morgan fingerprint density at radius 1 is 0.850 bits per heavy atom. The third kappa shape index (κ3) is 20.0. The van der Waals surface area contributed by atoms with Gasteiger partial charge >= 0.3 is 7.25 Å². The number of hydrogen-bond acceptors (Lipinski definition) is 3. The van der Waals surface area contributed by atoms with Crippen LogP contribution in [0, 0.1) is 0 Å². The molecule has 0 fully saturated rings. The summed E-state index contributed by atoms with van der Waals surface area (Å²) in [7, 11) is -0.331. The van der Waals surface area contributed by atoms with Crippen LogP contribution in [0.2, 0.25) is 0 Å². The van der Waals surface area contributed by atoms with Gasteiger partial charge in [-0.3, -0.25) is 0 Å².